The van der Waals surface area contributed by atoms with Crippen LogP contribution in [-0.4, -0.2) is 95.6 Å². The molecule has 15 heteroatoms. The molecule has 1 saturated heterocycles. The summed E-state index contributed by atoms with van der Waals surface area (Å²) >= 11 is 0. The van der Waals surface area contributed by atoms with Crippen LogP contribution in [0.3, 0.4) is 0 Å². The second-order valence-electron chi connectivity index (χ2n) is 15.4. The van der Waals surface area contributed by atoms with Gasteiger partial charge in [-0.15, -0.1) is 0 Å². The minimum Gasteiger partial charge on any atom is -0.520 e. The Bertz CT molecular complexity index is 1900. The van der Waals surface area contributed by atoms with Crippen molar-refractivity contribution in [2.24, 2.45) is 22.7 Å². The summed E-state index contributed by atoms with van der Waals surface area (Å²) in [6.07, 6.45) is 2.19. The first kappa shape index (κ1) is 45.1. The summed E-state index contributed by atoms with van der Waals surface area (Å²) in [6.45, 7) is 7.73. The van der Waals surface area contributed by atoms with Gasteiger partial charge in [-0.1, -0.05) is 69.3 Å². The van der Waals surface area contributed by atoms with Crippen molar-refractivity contribution in [1.82, 2.24) is 10.6 Å². The van der Waals surface area contributed by atoms with Gasteiger partial charge in [0.25, 0.3) is 0 Å². The van der Waals surface area contributed by atoms with Crippen molar-refractivity contribution in [1.29, 1.82) is 0 Å². The van der Waals surface area contributed by atoms with Gasteiger partial charge in [-0.25, -0.2) is 8.78 Å². The van der Waals surface area contributed by atoms with Gasteiger partial charge >= 0.3 is 0 Å². The molecule has 1 aliphatic heterocycles. The molecule has 320 valence electrons. The van der Waals surface area contributed by atoms with Crippen molar-refractivity contribution in [3.05, 3.63) is 89.5 Å². The molecule has 0 radical (unpaired) electrons. The third-order valence-corrected chi connectivity index (χ3v) is 12.5. The van der Waals surface area contributed by atoms with Crippen molar-refractivity contribution in [3.8, 4) is 0 Å². The van der Waals surface area contributed by atoms with Crippen molar-refractivity contribution >= 4 is 35.5 Å². The standard InChI is InChI=1S/C22H26F2O6.C19H20N3O3.C2H6.Fm/c1-19-4-3-11(26)5-14(19)15(23)6-13-12-7-18-22(17(28)9-25,30-10-29-18)20(12,2)8-16(27)21(13,19)24;1-14(21-13-23)19(25)20-12-18(24)22-17-9-5-8-16(11-17)10-15-6-3-2-4-7-15;1-2;/h3-5,12-13,15-16,18,25,27H,6-10H2,1-2H3;2-9,11,14H,10,12H2,1H3,(H,20,25)(H,21,23)(H,22,24);1-2H3;/q;-1;;/t12?,13?,15-,16?,18?,19?,20?,21-,22?;;;/m0.../s1. The molecule has 8 unspecified atom stereocenters. The van der Waals surface area contributed by atoms with Gasteiger partial charge in [-0.3, -0.25) is 19.2 Å². The molecule has 0 spiro atoms. The number of carbonyl (C=O) groups excluding carboxylic acids is 5. The van der Waals surface area contributed by atoms with Crippen LogP contribution in [0.4, 0.5) is 14.5 Å². The van der Waals surface area contributed by atoms with Crippen LogP contribution in [0, 0.1) is 22.7 Å². The van der Waals surface area contributed by atoms with Gasteiger partial charge in [0.1, 0.15) is 19.6 Å². The largest absolute Gasteiger partial charge is 0.520 e. The second-order valence-corrected chi connectivity index (χ2v) is 15.4. The maximum Gasteiger partial charge on any atom is 0.243 e. The molecule has 4 fully saturated rings. The normalized spacial score (nSPS) is 32.9. The summed E-state index contributed by atoms with van der Waals surface area (Å²) in [5.41, 5.74) is -3.22. The SMILES string of the molecule is CC.CC(N[C-]=O)C(=O)NCC(=O)Nc1cccc(Cc2ccccc2)c1.CC12CC(O)[C@@]3(F)C(C[C@H](F)C4=CC(=O)C=CC43C)C1CC1OCOC12C(=O)CO.[Fm]. The number of nitrogens with one attached hydrogen (secondary N) is 3. The molecule has 3 amide bonds. The quantitative estimate of drug-likeness (QED) is 0.174. The van der Waals surface area contributed by atoms with E-state index < -0.39 is 82.4 Å². The number of aliphatic hydroxyl groups is 2. The van der Waals surface area contributed by atoms with Crippen LogP contribution in [0.2, 0.25) is 0 Å². The van der Waals surface area contributed by atoms with E-state index in [0.717, 1.165) is 18.1 Å². The molecular formula is C43H52F2FmN3O9-. The number of allylic oxidation sites excluding steroid dienone is 4. The fourth-order valence-corrected chi connectivity index (χ4v) is 9.80. The van der Waals surface area contributed by atoms with Crippen LogP contribution in [0.5, 0.6) is 0 Å². The van der Waals surface area contributed by atoms with Crippen LogP contribution < -0.4 is 16.0 Å². The fraction of sp³-hybridized carbons (Fsp3) is 0.512. The number of carbonyl (C=O) groups is 4. The average molecular weight is 1050 g/mol. The van der Waals surface area contributed by atoms with E-state index >= 15 is 8.78 Å². The zero-order valence-corrected chi connectivity index (χ0v) is 35.5. The summed E-state index contributed by atoms with van der Waals surface area (Å²) < 4.78 is 43.8. The number of fused-ring (bicyclic) bond motifs is 7. The van der Waals surface area contributed by atoms with Crippen molar-refractivity contribution in [2.45, 2.75) is 96.0 Å². The van der Waals surface area contributed by atoms with Gasteiger partial charge in [0.2, 0.25) is 11.8 Å². The first-order valence-corrected chi connectivity index (χ1v) is 19.3. The van der Waals surface area contributed by atoms with Gasteiger partial charge in [-0.05, 0) is 86.4 Å². The van der Waals surface area contributed by atoms with Gasteiger partial charge in [0, 0.05) is 22.4 Å². The minimum absolute atomic E-state index is 0. The number of aliphatic hydroxyl groups excluding tert-OH is 2. The molecule has 0 bridgehead atoms. The van der Waals surface area contributed by atoms with Crippen molar-refractivity contribution < 1.29 is 52.4 Å². The molecule has 4 aliphatic carbocycles. The Labute approximate surface area is 331 Å². The molecule has 2 aromatic carbocycles. The number of rotatable bonds is 10. The zero-order valence-electron chi connectivity index (χ0n) is 33.1. The molecule has 12 nitrogen and oxygen atoms in total. The molecule has 1 heterocycles. The van der Waals surface area contributed by atoms with Gasteiger partial charge < -0.3 is 40.4 Å². The number of amides is 3. The molecule has 58 heavy (non-hydrogen) atoms. The van der Waals surface area contributed by atoms with Gasteiger partial charge in [-0.2, -0.15) is 6.41 Å². The summed E-state index contributed by atoms with van der Waals surface area (Å²) in [4.78, 5) is 58.4. The Morgan fingerprint density at radius 2 is 1.72 bits per heavy atom. The Hall–Kier alpha value is -5.63. The van der Waals surface area contributed by atoms with Crippen LogP contribution >= 0.6 is 0 Å². The Kier molecular flexibility index (Phi) is 13.9. The van der Waals surface area contributed by atoms with E-state index in [4.69, 9.17) is 9.47 Å². The van der Waals surface area contributed by atoms with E-state index in [1.807, 2.05) is 62.4 Å². The minimum atomic E-state index is -2.22. The number of ketones is 2. The number of Topliss-reactive ketones (excluding diaryl/α,β-unsaturated/α-hetero) is 1. The molecule has 0 aromatic heterocycles. The number of anilines is 1. The molecule has 5 aliphatic rings. The monoisotopic (exact) mass is 1050 g/mol. The smallest absolute Gasteiger partial charge is 0.243 e. The third-order valence-electron chi connectivity index (χ3n) is 12.5. The summed E-state index contributed by atoms with van der Waals surface area (Å²) in [5.74, 6) is -3.16. The number of halogens is 2. The average Bonchev–Trinajstić information content (AvgIpc) is 3.74. The van der Waals surface area contributed by atoms with E-state index in [1.54, 1.807) is 13.0 Å². The fourth-order valence-electron chi connectivity index (χ4n) is 9.80. The topological polar surface area (TPSA) is 180 Å². The van der Waals surface area contributed by atoms with E-state index in [9.17, 15) is 34.2 Å². The van der Waals surface area contributed by atoms with Crippen molar-refractivity contribution in [3.63, 3.8) is 0 Å². The number of benzene rings is 2. The zero-order chi connectivity index (χ0) is 41.8. The number of alkyl halides is 2. The number of hydrogen-bond donors (Lipinski definition) is 5. The van der Waals surface area contributed by atoms with E-state index in [2.05, 4.69) is 16.0 Å². The van der Waals surface area contributed by atoms with Gasteiger partial charge in [0.05, 0.1) is 24.8 Å². The van der Waals surface area contributed by atoms with E-state index in [1.165, 1.54) is 38.0 Å². The third kappa shape index (κ3) is 7.69. The van der Waals surface area contributed by atoms with Crippen LogP contribution in [0.25, 0.3) is 0 Å². The van der Waals surface area contributed by atoms with Crippen LogP contribution in [0.1, 0.15) is 65.0 Å². The maximum atomic E-state index is 17.0. The Balaban J connectivity index is 0.000000246. The number of ether oxygens (including phenoxy) is 2. The summed E-state index contributed by atoms with van der Waals surface area (Å²) in [7, 11) is 0. The molecule has 5 N–H and O–H groups in total. The van der Waals surface area contributed by atoms with Crippen molar-refractivity contribution in [2.75, 3.05) is 25.3 Å². The summed E-state index contributed by atoms with van der Waals surface area (Å²) in [5, 5.41) is 28.2. The Morgan fingerprint density at radius 1 is 1.03 bits per heavy atom. The second kappa shape index (κ2) is 17.9. The summed E-state index contributed by atoms with van der Waals surface area (Å²) in [6, 6.07) is 16.9. The van der Waals surface area contributed by atoms with Crippen LogP contribution in [0.15, 0.2) is 78.4 Å². The predicted octanol–water partition coefficient (Wildman–Crippen LogP) is 3.99. The molecule has 7 rings (SSSR count). The molecular weight excluding hydrogens is 997 g/mol. The van der Waals surface area contributed by atoms with Crippen LogP contribution in [-0.2, 0) is 39.9 Å². The van der Waals surface area contributed by atoms with Gasteiger partial charge in [0.15, 0.2) is 22.8 Å². The molecule has 3 saturated carbocycles. The maximum absolute atomic E-state index is 17.0. The van der Waals surface area contributed by atoms with E-state index in [0.29, 0.717) is 5.69 Å². The molecule has 10 atom stereocenters. The first-order chi connectivity index (χ1) is 27.1. The van der Waals surface area contributed by atoms with E-state index in [-0.39, 0.29) is 44.1 Å². The first-order valence-electron chi connectivity index (χ1n) is 19.3. The molecule has 2 aromatic rings. The predicted molar refractivity (Wildman–Crippen MR) is 207 cm³/mol. The Morgan fingerprint density at radius 3 is 2.40 bits per heavy atom. The number of hydrogen-bond acceptors (Lipinski definition) is 9.